The van der Waals surface area contributed by atoms with Crippen LogP contribution in [0.15, 0.2) is 267 Å². The van der Waals surface area contributed by atoms with Crippen LogP contribution in [-0.2, 0) is 0 Å². The lowest BCUT2D eigenvalue weighted by molar-refractivity contribution is 0.866. The van der Waals surface area contributed by atoms with Crippen molar-refractivity contribution in [3.63, 3.8) is 0 Å². The van der Waals surface area contributed by atoms with Gasteiger partial charge in [-0.05, 0) is 184 Å². The van der Waals surface area contributed by atoms with Crippen LogP contribution in [0, 0.1) is 0 Å². The second kappa shape index (κ2) is 19.6. The van der Waals surface area contributed by atoms with E-state index in [0.717, 1.165) is 34.1 Å². The molecule has 0 aliphatic heterocycles. The van der Waals surface area contributed by atoms with Gasteiger partial charge in [-0.25, -0.2) is 0 Å². The van der Waals surface area contributed by atoms with Gasteiger partial charge in [0.15, 0.2) is 0 Å². The first-order valence-electron chi connectivity index (χ1n) is 26.8. The fourth-order valence-electron chi connectivity index (χ4n) is 11.9. The van der Waals surface area contributed by atoms with Crippen molar-refractivity contribution in [2.45, 2.75) is 39.5 Å². The Hall–Kier alpha value is -9.24. The van der Waals surface area contributed by atoms with Gasteiger partial charge < -0.3 is 9.80 Å². The first kappa shape index (κ1) is 46.5. The molecule has 0 radical (unpaired) electrons. The van der Waals surface area contributed by atoms with Crippen molar-refractivity contribution in [1.82, 2.24) is 0 Å². The van der Waals surface area contributed by atoms with Crippen molar-refractivity contribution in [2.75, 3.05) is 9.80 Å². The molecule has 0 aromatic heterocycles. The van der Waals surface area contributed by atoms with E-state index >= 15 is 0 Å². The van der Waals surface area contributed by atoms with Crippen molar-refractivity contribution < 1.29 is 0 Å². The van der Waals surface area contributed by atoms with E-state index in [4.69, 9.17) is 0 Å². The van der Waals surface area contributed by atoms with Crippen LogP contribution in [0.3, 0.4) is 0 Å². The zero-order valence-electron chi connectivity index (χ0n) is 43.5. The third kappa shape index (κ3) is 8.06. The number of rotatable bonds is 12. The van der Waals surface area contributed by atoms with E-state index in [1.165, 1.54) is 99.4 Å². The predicted molar refractivity (Wildman–Crippen MR) is 325 cm³/mol. The number of nitrogens with zero attached hydrogens (tertiary/aromatic N) is 2. The molecular formula is C74H58N2. The van der Waals surface area contributed by atoms with Gasteiger partial charge in [0.1, 0.15) is 0 Å². The van der Waals surface area contributed by atoms with Gasteiger partial charge in [-0.1, -0.05) is 222 Å². The minimum atomic E-state index is 0.385. The summed E-state index contributed by atoms with van der Waals surface area (Å²) in [5, 5.41) is 4.87. The summed E-state index contributed by atoms with van der Waals surface area (Å²) in [4.78, 5) is 4.87. The van der Waals surface area contributed by atoms with Crippen LogP contribution in [-0.4, -0.2) is 0 Å². The van der Waals surface area contributed by atoms with Crippen molar-refractivity contribution in [3.8, 4) is 66.8 Å². The van der Waals surface area contributed by atoms with Crippen LogP contribution in [0.25, 0.3) is 88.3 Å². The lowest BCUT2D eigenvalue weighted by Crippen LogP contribution is -2.13. The monoisotopic (exact) mass is 974 g/mol. The summed E-state index contributed by atoms with van der Waals surface area (Å²) in [7, 11) is 0. The fraction of sp³-hybridized carbons (Fsp3) is 0.0811. The first-order chi connectivity index (χ1) is 37.4. The summed E-state index contributed by atoms with van der Waals surface area (Å²) in [6.45, 7) is 9.10. The summed E-state index contributed by atoms with van der Waals surface area (Å²) in [5.74, 6) is 0.769. The number of hydrogen-bond donors (Lipinski definition) is 0. The summed E-state index contributed by atoms with van der Waals surface area (Å²) >= 11 is 0. The maximum Gasteiger partial charge on any atom is 0.0468 e. The third-order valence-corrected chi connectivity index (χ3v) is 15.5. The first-order valence-corrected chi connectivity index (χ1v) is 26.8. The Morgan fingerprint density at radius 1 is 0.211 bits per heavy atom. The van der Waals surface area contributed by atoms with Crippen LogP contribution in [0.4, 0.5) is 34.1 Å². The molecule has 1 aliphatic rings. The summed E-state index contributed by atoms with van der Waals surface area (Å²) in [6, 6.07) is 98.8. The Kier molecular flexibility index (Phi) is 12.0. The van der Waals surface area contributed by atoms with E-state index in [9.17, 15) is 0 Å². The second-order valence-corrected chi connectivity index (χ2v) is 20.8. The molecule has 0 saturated heterocycles. The maximum absolute atomic E-state index is 2.47. The standard InChI is InChI=1S/C74H58N2/c1-49(2)55-33-23-39-59(45-55)75(57-35-19-9-20-36-57)61-41-43-63-65(47-61)69(53-29-15-7-16-30-53)73-71(67(63)51-25-11-5-12-26-51)72-68(52-27-13-6-14-28-52)64-44-42-62(48-66(64)70(74(72)73)54-31-17-8-18-32-54)76(58-37-21-10-22-38-58)60-40-24-34-56(46-60)50(3)4/h5-50H,1-4H3. The molecule has 364 valence electrons. The van der Waals surface area contributed by atoms with E-state index in [-0.39, 0.29) is 0 Å². The van der Waals surface area contributed by atoms with Crippen LogP contribution >= 0.6 is 0 Å². The molecule has 1 aliphatic carbocycles. The van der Waals surface area contributed by atoms with Crippen LogP contribution in [0.5, 0.6) is 0 Å². The van der Waals surface area contributed by atoms with Gasteiger partial charge in [0.25, 0.3) is 0 Å². The summed E-state index contributed by atoms with van der Waals surface area (Å²) < 4.78 is 0. The molecule has 2 heteroatoms. The molecule has 76 heavy (non-hydrogen) atoms. The molecule has 0 atom stereocenters. The molecule has 0 unspecified atom stereocenters. The van der Waals surface area contributed by atoms with Gasteiger partial charge in [0.2, 0.25) is 0 Å². The van der Waals surface area contributed by atoms with E-state index in [0.29, 0.717) is 11.8 Å². The van der Waals surface area contributed by atoms with E-state index in [1.54, 1.807) is 0 Å². The molecule has 0 spiro atoms. The fourth-order valence-corrected chi connectivity index (χ4v) is 11.9. The molecule has 0 amide bonds. The van der Waals surface area contributed by atoms with Gasteiger partial charge in [-0.2, -0.15) is 0 Å². The molecule has 13 rings (SSSR count). The topological polar surface area (TPSA) is 6.48 Å². The molecule has 0 heterocycles. The van der Waals surface area contributed by atoms with E-state index in [2.05, 4.69) is 304 Å². The van der Waals surface area contributed by atoms with E-state index in [1.807, 2.05) is 0 Å². The number of para-hydroxylation sites is 2. The highest BCUT2D eigenvalue weighted by molar-refractivity contribution is 6.33. The molecule has 0 bridgehead atoms. The number of hydrogen-bond acceptors (Lipinski definition) is 2. The normalized spacial score (nSPS) is 11.7. The van der Waals surface area contributed by atoms with Gasteiger partial charge in [0.05, 0.1) is 0 Å². The van der Waals surface area contributed by atoms with Crippen LogP contribution in [0.2, 0.25) is 0 Å². The van der Waals surface area contributed by atoms with Gasteiger partial charge >= 0.3 is 0 Å². The van der Waals surface area contributed by atoms with Gasteiger partial charge in [0, 0.05) is 34.1 Å². The summed E-state index contributed by atoms with van der Waals surface area (Å²) in [5.41, 5.74) is 24.3. The Balaban J connectivity index is 1.18. The molecule has 0 fully saturated rings. The average Bonchev–Trinajstić information content (AvgIpc) is 3.59. The van der Waals surface area contributed by atoms with Gasteiger partial charge in [-0.3, -0.25) is 0 Å². The number of fused-ring (bicyclic) bond motifs is 6. The highest BCUT2D eigenvalue weighted by atomic mass is 15.1. The Morgan fingerprint density at radius 2 is 0.474 bits per heavy atom. The number of benzene rings is 12. The molecule has 2 nitrogen and oxygen atoms in total. The quantitative estimate of drug-likeness (QED) is 0.120. The average molecular weight is 975 g/mol. The van der Waals surface area contributed by atoms with Gasteiger partial charge in [-0.15, -0.1) is 0 Å². The van der Waals surface area contributed by atoms with Crippen molar-refractivity contribution in [1.29, 1.82) is 0 Å². The second-order valence-electron chi connectivity index (χ2n) is 20.8. The predicted octanol–water partition coefficient (Wildman–Crippen LogP) is 21.5. The van der Waals surface area contributed by atoms with E-state index < -0.39 is 0 Å². The van der Waals surface area contributed by atoms with Crippen LogP contribution < -0.4 is 9.80 Å². The minimum absolute atomic E-state index is 0.385. The smallest absolute Gasteiger partial charge is 0.0468 e. The summed E-state index contributed by atoms with van der Waals surface area (Å²) in [6.07, 6.45) is 0. The Morgan fingerprint density at radius 3 is 0.776 bits per heavy atom. The number of anilines is 6. The maximum atomic E-state index is 2.47. The lowest BCUT2D eigenvalue weighted by atomic mass is 9.65. The molecule has 12 aromatic carbocycles. The lowest BCUT2D eigenvalue weighted by Gasteiger charge is -2.38. The highest BCUT2D eigenvalue weighted by Crippen LogP contribution is 2.66. The Labute approximate surface area is 447 Å². The highest BCUT2D eigenvalue weighted by Gasteiger charge is 2.39. The largest absolute Gasteiger partial charge is 0.310 e. The van der Waals surface area contributed by atoms with Crippen molar-refractivity contribution >= 4 is 55.7 Å². The molecular weight excluding hydrogens is 917 g/mol. The minimum Gasteiger partial charge on any atom is -0.310 e. The molecule has 0 saturated carbocycles. The molecule has 0 N–H and O–H groups in total. The zero-order valence-corrected chi connectivity index (χ0v) is 43.5. The Bertz CT molecular complexity index is 3800. The molecule has 12 aromatic rings. The van der Waals surface area contributed by atoms with Crippen LogP contribution in [0.1, 0.15) is 50.7 Å². The van der Waals surface area contributed by atoms with Crippen molar-refractivity contribution in [2.24, 2.45) is 0 Å². The zero-order chi connectivity index (χ0) is 51.3. The van der Waals surface area contributed by atoms with Crippen molar-refractivity contribution in [3.05, 3.63) is 278 Å². The SMILES string of the molecule is CC(C)c1cccc(N(c2ccccc2)c2ccc3c(-c4ccccc4)c4c(c(-c5ccccc5)c3c2)-c2c-4c(-c3ccccc3)c3ccc(N(c4ccccc4)c4cccc(C(C)C)c4)cc3c2-c2ccccc2)c1. The third-order valence-electron chi connectivity index (χ3n) is 15.5.